The summed E-state index contributed by atoms with van der Waals surface area (Å²) in [6.45, 7) is 0. The molecule has 0 amide bonds. The maximum absolute atomic E-state index is 10.9. The van der Waals surface area contributed by atoms with Gasteiger partial charge >= 0.3 is 5.97 Å². The minimum atomic E-state index is -1.03. The van der Waals surface area contributed by atoms with Crippen LogP contribution in [0.5, 0.6) is 5.75 Å². The van der Waals surface area contributed by atoms with Crippen LogP contribution in [0.4, 0.5) is 0 Å². The quantitative estimate of drug-likeness (QED) is 0.704. The molecule has 1 atom stereocenters. The van der Waals surface area contributed by atoms with Gasteiger partial charge in [-0.1, -0.05) is 6.07 Å². The first-order valence-corrected chi connectivity index (χ1v) is 5.43. The lowest BCUT2D eigenvalue weighted by atomic mass is 9.85. The van der Waals surface area contributed by atoms with Gasteiger partial charge < -0.3 is 15.9 Å². The van der Waals surface area contributed by atoms with E-state index in [1.165, 1.54) is 0 Å². The SMILES string of the molecule is NC(C(=O)O)c1ccc(O)c2c1CCCC2. The summed E-state index contributed by atoms with van der Waals surface area (Å²) in [4.78, 5) is 10.9. The van der Waals surface area contributed by atoms with E-state index >= 15 is 0 Å². The lowest BCUT2D eigenvalue weighted by Crippen LogP contribution is -2.23. The lowest BCUT2D eigenvalue weighted by Gasteiger charge is -2.22. The number of carbonyl (C=O) groups is 1. The van der Waals surface area contributed by atoms with Gasteiger partial charge in [-0.05, 0) is 48.4 Å². The maximum Gasteiger partial charge on any atom is 0.325 e. The molecule has 0 saturated heterocycles. The number of aromatic hydroxyl groups is 1. The standard InChI is InChI=1S/C12H15NO3/c13-11(12(15)16)9-5-6-10(14)8-4-2-1-3-7(8)9/h5-6,11,14H,1-4,13H2,(H,15,16). The van der Waals surface area contributed by atoms with Gasteiger partial charge in [0.1, 0.15) is 11.8 Å². The predicted octanol–water partition coefficient (Wildman–Crippen LogP) is 1.36. The first kappa shape index (κ1) is 11.0. The first-order chi connectivity index (χ1) is 7.61. The van der Waals surface area contributed by atoms with Crippen LogP contribution >= 0.6 is 0 Å². The highest BCUT2D eigenvalue weighted by Crippen LogP contribution is 2.33. The molecule has 1 aromatic carbocycles. The third-order valence-corrected chi connectivity index (χ3v) is 3.15. The van der Waals surface area contributed by atoms with E-state index in [2.05, 4.69) is 0 Å². The third-order valence-electron chi connectivity index (χ3n) is 3.15. The molecule has 1 aliphatic carbocycles. The van der Waals surface area contributed by atoms with Gasteiger partial charge in [0.05, 0.1) is 0 Å². The molecule has 4 N–H and O–H groups in total. The smallest absolute Gasteiger partial charge is 0.325 e. The van der Waals surface area contributed by atoms with Crippen LogP contribution in [-0.4, -0.2) is 16.2 Å². The zero-order chi connectivity index (χ0) is 11.7. The van der Waals surface area contributed by atoms with Gasteiger partial charge in [0.15, 0.2) is 0 Å². The molecule has 0 heterocycles. The Labute approximate surface area is 93.7 Å². The number of carboxylic acid groups (broad SMARTS) is 1. The Morgan fingerprint density at radius 2 is 1.88 bits per heavy atom. The van der Waals surface area contributed by atoms with E-state index in [-0.39, 0.29) is 5.75 Å². The number of phenolic OH excluding ortho intramolecular Hbond substituents is 1. The fourth-order valence-electron chi connectivity index (χ4n) is 2.30. The number of phenols is 1. The fraction of sp³-hybridized carbons (Fsp3) is 0.417. The second-order valence-corrected chi connectivity index (χ2v) is 4.15. The van der Waals surface area contributed by atoms with Crippen LogP contribution in [-0.2, 0) is 17.6 Å². The van der Waals surface area contributed by atoms with Gasteiger partial charge in [-0.3, -0.25) is 4.79 Å². The summed E-state index contributed by atoms with van der Waals surface area (Å²) in [5.74, 6) is -0.769. The molecule has 16 heavy (non-hydrogen) atoms. The van der Waals surface area contributed by atoms with E-state index in [0.717, 1.165) is 36.8 Å². The second kappa shape index (κ2) is 4.14. The van der Waals surface area contributed by atoms with E-state index in [1.54, 1.807) is 12.1 Å². The number of hydrogen-bond acceptors (Lipinski definition) is 3. The van der Waals surface area contributed by atoms with E-state index in [4.69, 9.17) is 10.8 Å². The summed E-state index contributed by atoms with van der Waals surface area (Å²) in [7, 11) is 0. The Balaban J connectivity index is 2.50. The molecule has 1 aliphatic rings. The number of carboxylic acids is 1. The van der Waals surface area contributed by atoms with Crippen LogP contribution in [0.1, 0.15) is 35.6 Å². The van der Waals surface area contributed by atoms with Crippen molar-refractivity contribution in [2.24, 2.45) is 5.73 Å². The molecular formula is C12H15NO3. The average molecular weight is 221 g/mol. The van der Waals surface area contributed by atoms with Crippen molar-refractivity contribution >= 4 is 5.97 Å². The fourth-order valence-corrected chi connectivity index (χ4v) is 2.30. The van der Waals surface area contributed by atoms with Gasteiger partial charge in [0.25, 0.3) is 0 Å². The molecule has 4 nitrogen and oxygen atoms in total. The van der Waals surface area contributed by atoms with Crippen molar-refractivity contribution in [2.75, 3.05) is 0 Å². The molecule has 1 aromatic rings. The van der Waals surface area contributed by atoms with Crippen LogP contribution in [0, 0.1) is 0 Å². The Morgan fingerprint density at radius 1 is 1.25 bits per heavy atom. The monoisotopic (exact) mass is 221 g/mol. The predicted molar refractivity (Wildman–Crippen MR) is 59.3 cm³/mol. The van der Waals surface area contributed by atoms with Crippen molar-refractivity contribution in [1.29, 1.82) is 0 Å². The topological polar surface area (TPSA) is 83.6 Å². The minimum Gasteiger partial charge on any atom is -0.508 e. The van der Waals surface area contributed by atoms with Crippen molar-refractivity contribution in [3.05, 3.63) is 28.8 Å². The number of aliphatic carboxylic acids is 1. The van der Waals surface area contributed by atoms with Gasteiger partial charge in [0, 0.05) is 0 Å². The normalized spacial score (nSPS) is 16.6. The number of benzene rings is 1. The minimum absolute atomic E-state index is 0.260. The zero-order valence-corrected chi connectivity index (χ0v) is 8.94. The zero-order valence-electron chi connectivity index (χ0n) is 8.94. The van der Waals surface area contributed by atoms with Crippen LogP contribution in [0.15, 0.2) is 12.1 Å². The molecule has 0 bridgehead atoms. The molecule has 0 fully saturated rings. The Morgan fingerprint density at radius 3 is 2.50 bits per heavy atom. The van der Waals surface area contributed by atoms with Crippen molar-refractivity contribution < 1.29 is 15.0 Å². The molecule has 4 heteroatoms. The number of rotatable bonds is 2. The van der Waals surface area contributed by atoms with Crippen LogP contribution in [0.3, 0.4) is 0 Å². The van der Waals surface area contributed by atoms with E-state index in [1.807, 2.05) is 0 Å². The van der Waals surface area contributed by atoms with Crippen LogP contribution in [0.25, 0.3) is 0 Å². The summed E-state index contributed by atoms with van der Waals surface area (Å²) in [5.41, 5.74) is 8.08. The molecule has 0 radical (unpaired) electrons. The van der Waals surface area contributed by atoms with Crippen molar-refractivity contribution in [2.45, 2.75) is 31.7 Å². The Bertz CT molecular complexity index is 429. The van der Waals surface area contributed by atoms with Gasteiger partial charge in [-0.15, -0.1) is 0 Å². The number of nitrogens with two attached hydrogens (primary N) is 1. The summed E-state index contributed by atoms with van der Waals surface area (Å²) in [6, 6.07) is 2.17. The molecule has 0 aliphatic heterocycles. The molecule has 86 valence electrons. The van der Waals surface area contributed by atoms with Crippen LogP contribution in [0.2, 0.25) is 0 Å². The van der Waals surface area contributed by atoms with Gasteiger partial charge in [0.2, 0.25) is 0 Å². The molecule has 0 aromatic heterocycles. The van der Waals surface area contributed by atoms with Crippen molar-refractivity contribution in [1.82, 2.24) is 0 Å². The van der Waals surface area contributed by atoms with E-state index in [9.17, 15) is 9.90 Å². The molecule has 0 saturated carbocycles. The summed E-state index contributed by atoms with van der Waals surface area (Å²) >= 11 is 0. The van der Waals surface area contributed by atoms with E-state index < -0.39 is 12.0 Å². The molecule has 0 spiro atoms. The van der Waals surface area contributed by atoms with Crippen molar-refractivity contribution in [3.63, 3.8) is 0 Å². The second-order valence-electron chi connectivity index (χ2n) is 4.15. The maximum atomic E-state index is 10.9. The van der Waals surface area contributed by atoms with Crippen LogP contribution < -0.4 is 5.73 Å². The first-order valence-electron chi connectivity index (χ1n) is 5.43. The van der Waals surface area contributed by atoms with Gasteiger partial charge in [-0.2, -0.15) is 0 Å². The van der Waals surface area contributed by atoms with E-state index in [0.29, 0.717) is 5.56 Å². The number of fused-ring (bicyclic) bond motifs is 1. The highest BCUT2D eigenvalue weighted by atomic mass is 16.4. The third kappa shape index (κ3) is 1.76. The summed E-state index contributed by atoms with van der Waals surface area (Å²) in [6.07, 6.45) is 3.67. The van der Waals surface area contributed by atoms with Gasteiger partial charge in [-0.25, -0.2) is 0 Å². The highest BCUT2D eigenvalue weighted by Gasteiger charge is 2.23. The summed E-state index contributed by atoms with van der Waals surface area (Å²) < 4.78 is 0. The largest absolute Gasteiger partial charge is 0.508 e. The van der Waals surface area contributed by atoms with Crippen molar-refractivity contribution in [3.8, 4) is 5.75 Å². The number of hydrogen-bond donors (Lipinski definition) is 3. The highest BCUT2D eigenvalue weighted by molar-refractivity contribution is 5.76. The Kier molecular flexibility index (Phi) is 2.83. The Hall–Kier alpha value is -1.55. The lowest BCUT2D eigenvalue weighted by molar-refractivity contribution is -0.138. The molecule has 2 rings (SSSR count). The molecule has 1 unspecified atom stereocenters. The summed E-state index contributed by atoms with van der Waals surface area (Å²) in [5, 5.41) is 18.6. The molecular weight excluding hydrogens is 206 g/mol. The average Bonchev–Trinajstić information content (AvgIpc) is 2.29.